The molecule has 0 atom stereocenters. The van der Waals surface area contributed by atoms with Gasteiger partial charge in [0.2, 0.25) is 0 Å². The SMILES string of the molecule is CCOc1ccc(C2=C(N3CCc4ccccc43)C(=O)N(CC)C2=O)cc1. The number of carbonyl (C=O) groups is 2. The Morgan fingerprint density at radius 1 is 0.963 bits per heavy atom. The lowest BCUT2D eigenvalue weighted by Crippen LogP contribution is -2.34. The number of amides is 2. The molecular weight excluding hydrogens is 340 g/mol. The fraction of sp³-hybridized carbons (Fsp3) is 0.273. The molecule has 0 unspecified atom stereocenters. The number of rotatable bonds is 5. The Labute approximate surface area is 158 Å². The van der Waals surface area contributed by atoms with Crippen LogP contribution in [0, 0.1) is 0 Å². The Bertz CT molecular complexity index is 931. The summed E-state index contributed by atoms with van der Waals surface area (Å²) in [4.78, 5) is 29.4. The van der Waals surface area contributed by atoms with Crippen LogP contribution in [0.5, 0.6) is 5.75 Å². The van der Waals surface area contributed by atoms with E-state index in [9.17, 15) is 9.59 Å². The van der Waals surface area contributed by atoms with E-state index in [0.29, 0.717) is 31.0 Å². The number of carbonyl (C=O) groups excluding carboxylic acids is 2. The Morgan fingerprint density at radius 2 is 1.70 bits per heavy atom. The molecule has 0 fully saturated rings. The quantitative estimate of drug-likeness (QED) is 0.766. The fourth-order valence-electron chi connectivity index (χ4n) is 3.82. The molecule has 0 bridgehead atoms. The molecule has 4 rings (SSSR count). The molecule has 0 saturated heterocycles. The van der Waals surface area contributed by atoms with Crippen LogP contribution in [0.25, 0.3) is 5.57 Å². The first-order valence-corrected chi connectivity index (χ1v) is 9.34. The monoisotopic (exact) mass is 362 g/mol. The van der Waals surface area contributed by atoms with Crippen molar-refractivity contribution in [3.63, 3.8) is 0 Å². The van der Waals surface area contributed by atoms with E-state index in [2.05, 4.69) is 6.07 Å². The van der Waals surface area contributed by atoms with Crippen LogP contribution in [0.3, 0.4) is 0 Å². The van der Waals surface area contributed by atoms with E-state index < -0.39 is 0 Å². The smallest absolute Gasteiger partial charge is 0.278 e. The molecular formula is C22H22N2O3. The number of nitrogens with zero attached hydrogens (tertiary/aromatic N) is 2. The zero-order chi connectivity index (χ0) is 19.0. The summed E-state index contributed by atoms with van der Waals surface area (Å²) in [5.41, 5.74) is 3.91. The maximum absolute atomic E-state index is 13.1. The molecule has 5 nitrogen and oxygen atoms in total. The summed E-state index contributed by atoms with van der Waals surface area (Å²) in [5.74, 6) is 0.299. The summed E-state index contributed by atoms with van der Waals surface area (Å²) in [5, 5.41) is 0. The van der Waals surface area contributed by atoms with Crippen molar-refractivity contribution in [2.45, 2.75) is 20.3 Å². The van der Waals surface area contributed by atoms with Gasteiger partial charge in [-0.15, -0.1) is 0 Å². The molecule has 2 aromatic rings. The second kappa shape index (κ2) is 6.91. The van der Waals surface area contributed by atoms with Gasteiger partial charge in [0.25, 0.3) is 11.8 Å². The number of likely N-dealkylation sites (N-methyl/N-ethyl adjacent to an activating group) is 1. The summed E-state index contributed by atoms with van der Waals surface area (Å²) >= 11 is 0. The molecule has 5 heteroatoms. The molecule has 2 amide bonds. The van der Waals surface area contributed by atoms with Gasteiger partial charge in [0.15, 0.2) is 0 Å². The third-order valence-corrected chi connectivity index (χ3v) is 5.07. The minimum atomic E-state index is -0.231. The Balaban J connectivity index is 1.83. The van der Waals surface area contributed by atoms with Crippen LogP contribution in [0.15, 0.2) is 54.2 Å². The standard InChI is InChI=1S/C22H22N2O3/c1-3-23-21(25)19(16-9-11-17(12-10-16)27-4-2)20(22(23)26)24-14-13-15-7-5-6-8-18(15)24/h5-12H,3-4,13-14H2,1-2H3. The summed E-state index contributed by atoms with van der Waals surface area (Å²) < 4.78 is 5.50. The van der Waals surface area contributed by atoms with Crippen molar-refractivity contribution in [1.29, 1.82) is 0 Å². The number of ether oxygens (including phenoxy) is 1. The van der Waals surface area contributed by atoms with Crippen LogP contribution in [0.2, 0.25) is 0 Å². The molecule has 2 aliphatic rings. The third kappa shape index (κ3) is 2.79. The van der Waals surface area contributed by atoms with Crippen molar-refractivity contribution in [2.24, 2.45) is 0 Å². The lowest BCUT2D eigenvalue weighted by Gasteiger charge is -2.21. The van der Waals surface area contributed by atoms with Gasteiger partial charge in [0.05, 0.1) is 12.2 Å². The van der Waals surface area contributed by atoms with Crippen molar-refractivity contribution >= 4 is 23.1 Å². The molecule has 0 saturated carbocycles. The van der Waals surface area contributed by atoms with E-state index in [-0.39, 0.29) is 11.8 Å². The summed E-state index contributed by atoms with van der Waals surface area (Å²) in [7, 11) is 0. The number of benzene rings is 2. The number of hydrogen-bond acceptors (Lipinski definition) is 4. The van der Waals surface area contributed by atoms with Crippen LogP contribution < -0.4 is 9.64 Å². The first-order chi connectivity index (χ1) is 13.2. The highest BCUT2D eigenvalue weighted by atomic mass is 16.5. The van der Waals surface area contributed by atoms with Crippen LogP contribution in [-0.4, -0.2) is 36.4 Å². The highest BCUT2D eigenvalue weighted by molar-refractivity contribution is 6.36. The van der Waals surface area contributed by atoms with Crippen LogP contribution >= 0.6 is 0 Å². The zero-order valence-electron chi connectivity index (χ0n) is 15.6. The molecule has 0 N–H and O–H groups in total. The van der Waals surface area contributed by atoms with Crippen molar-refractivity contribution in [1.82, 2.24) is 4.90 Å². The number of hydrogen-bond donors (Lipinski definition) is 0. The van der Waals surface area contributed by atoms with Gasteiger partial charge in [-0.2, -0.15) is 0 Å². The molecule has 2 heterocycles. The van der Waals surface area contributed by atoms with E-state index in [1.54, 1.807) is 0 Å². The van der Waals surface area contributed by atoms with Gasteiger partial charge in [-0.3, -0.25) is 14.5 Å². The van der Waals surface area contributed by atoms with Crippen LogP contribution in [0.4, 0.5) is 5.69 Å². The molecule has 138 valence electrons. The topological polar surface area (TPSA) is 49.9 Å². The molecule has 0 aliphatic carbocycles. The van der Waals surface area contributed by atoms with Crippen molar-refractivity contribution in [3.8, 4) is 5.75 Å². The highest BCUT2D eigenvalue weighted by Crippen LogP contribution is 2.38. The van der Waals surface area contributed by atoms with Gasteiger partial charge in [0, 0.05) is 18.8 Å². The lowest BCUT2D eigenvalue weighted by molar-refractivity contribution is -0.136. The number of imide groups is 1. The summed E-state index contributed by atoms with van der Waals surface area (Å²) in [6.07, 6.45) is 0.865. The van der Waals surface area contributed by atoms with Gasteiger partial charge in [-0.25, -0.2) is 0 Å². The first kappa shape index (κ1) is 17.3. The van der Waals surface area contributed by atoms with E-state index in [1.807, 2.05) is 61.2 Å². The van der Waals surface area contributed by atoms with Gasteiger partial charge in [0.1, 0.15) is 11.4 Å². The predicted molar refractivity (Wildman–Crippen MR) is 104 cm³/mol. The van der Waals surface area contributed by atoms with E-state index in [1.165, 1.54) is 10.5 Å². The van der Waals surface area contributed by atoms with Crippen molar-refractivity contribution in [2.75, 3.05) is 24.6 Å². The number of fused-ring (bicyclic) bond motifs is 1. The van der Waals surface area contributed by atoms with Crippen LogP contribution in [-0.2, 0) is 16.0 Å². The second-order valence-electron chi connectivity index (χ2n) is 6.57. The highest BCUT2D eigenvalue weighted by Gasteiger charge is 2.42. The number of anilines is 1. The van der Waals surface area contributed by atoms with E-state index in [4.69, 9.17) is 4.74 Å². The average Bonchev–Trinajstić information content (AvgIpc) is 3.21. The predicted octanol–water partition coefficient (Wildman–Crippen LogP) is 3.25. The molecule has 0 spiro atoms. The lowest BCUT2D eigenvalue weighted by atomic mass is 10.0. The molecule has 0 radical (unpaired) electrons. The van der Waals surface area contributed by atoms with Crippen LogP contribution in [0.1, 0.15) is 25.0 Å². The van der Waals surface area contributed by atoms with E-state index in [0.717, 1.165) is 23.4 Å². The largest absolute Gasteiger partial charge is 0.494 e. The maximum atomic E-state index is 13.1. The zero-order valence-corrected chi connectivity index (χ0v) is 15.6. The van der Waals surface area contributed by atoms with Gasteiger partial charge >= 0.3 is 0 Å². The Kier molecular flexibility index (Phi) is 4.44. The van der Waals surface area contributed by atoms with Crippen molar-refractivity contribution < 1.29 is 14.3 Å². The summed E-state index contributed by atoms with van der Waals surface area (Å²) in [6.45, 7) is 5.39. The average molecular weight is 362 g/mol. The second-order valence-corrected chi connectivity index (χ2v) is 6.57. The Morgan fingerprint density at radius 3 is 2.41 bits per heavy atom. The minimum Gasteiger partial charge on any atom is -0.494 e. The summed E-state index contributed by atoms with van der Waals surface area (Å²) in [6, 6.07) is 15.4. The van der Waals surface area contributed by atoms with Gasteiger partial charge in [-0.05, 0) is 49.6 Å². The third-order valence-electron chi connectivity index (χ3n) is 5.07. The minimum absolute atomic E-state index is 0.219. The number of para-hydroxylation sites is 1. The van der Waals surface area contributed by atoms with Gasteiger partial charge < -0.3 is 9.64 Å². The Hall–Kier alpha value is -3.08. The molecule has 2 aliphatic heterocycles. The maximum Gasteiger partial charge on any atom is 0.278 e. The normalized spacial score (nSPS) is 16.4. The molecule has 27 heavy (non-hydrogen) atoms. The van der Waals surface area contributed by atoms with Gasteiger partial charge in [-0.1, -0.05) is 30.3 Å². The first-order valence-electron chi connectivity index (χ1n) is 9.34. The molecule has 2 aromatic carbocycles. The van der Waals surface area contributed by atoms with Crippen molar-refractivity contribution in [3.05, 3.63) is 65.4 Å². The van der Waals surface area contributed by atoms with E-state index >= 15 is 0 Å². The molecule has 0 aromatic heterocycles. The fourth-order valence-corrected chi connectivity index (χ4v) is 3.82.